The lowest BCUT2D eigenvalue weighted by Gasteiger charge is -1.99. The first-order chi connectivity index (χ1) is 7.58. The van der Waals surface area contributed by atoms with Crippen molar-refractivity contribution in [2.24, 2.45) is 0 Å². The third-order valence-corrected chi connectivity index (χ3v) is 2.16. The van der Waals surface area contributed by atoms with E-state index in [1.165, 1.54) is 16.7 Å². The Morgan fingerprint density at radius 3 is 2.75 bits per heavy atom. The van der Waals surface area contributed by atoms with Crippen LogP contribution in [0.25, 0.3) is 5.69 Å². The van der Waals surface area contributed by atoms with Gasteiger partial charge in [-0.2, -0.15) is 0 Å². The Hall–Kier alpha value is -2.37. The maximum atomic E-state index is 11.5. The highest BCUT2D eigenvalue weighted by molar-refractivity contribution is 5.43. The second-order valence-corrected chi connectivity index (χ2v) is 3.39. The number of nitrogens with one attached hydrogen (secondary N) is 1. The van der Waals surface area contributed by atoms with Crippen LogP contribution < -0.4 is 5.69 Å². The molecule has 0 fully saturated rings. The van der Waals surface area contributed by atoms with Crippen LogP contribution in [0.4, 0.5) is 5.69 Å². The number of nitro benzene ring substituents is 1. The van der Waals surface area contributed by atoms with E-state index in [2.05, 4.69) is 4.98 Å². The number of rotatable bonds is 2. The third-order valence-electron chi connectivity index (χ3n) is 2.16. The highest BCUT2D eigenvalue weighted by Gasteiger charge is 2.08. The zero-order valence-electron chi connectivity index (χ0n) is 8.51. The average Bonchev–Trinajstić information content (AvgIpc) is 2.58. The van der Waals surface area contributed by atoms with Crippen LogP contribution in [0.5, 0.6) is 0 Å². The summed E-state index contributed by atoms with van der Waals surface area (Å²) in [6, 6.07) is 5.92. The highest BCUT2D eigenvalue weighted by atomic mass is 16.6. The number of imidazole rings is 1. The van der Waals surface area contributed by atoms with E-state index in [9.17, 15) is 14.9 Å². The summed E-state index contributed by atoms with van der Waals surface area (Å²) in [5.74, 6) is 0. The fraction of sp³-hybridized carbons (Fsp3) is 0.100. The number of aromatic amines is 1. The molecule has 0 radical (unpaired) electrons. The Morgan fingerprint density at radius 1 is 1.44 bits per heavy atom. The van der Waals surface area contributed by atoms with Crippen LogP contribution in [-0.4, -0.2) is 14.5 Å². The maximum absolute atomic E-state index is 11.5. The molecule has 0 saturated heterocycles. The molecule has 0 aliphatic rings. The number of hydrogen-bond acceptors (Lipinski definition) is 3. The van der Waals surface area contributed by atoms with Crippen LogP contribution in [0, 0.1) is 17.0 Å². The number of nitro groups is 1. The number of aromatic nitrogens is 2. The van der Waals surface area contributed by atoms with Gasteiger partial charge in [0.2, 0.25) is 0 Å². The van der Waals surface area contributed by atoms with E-state index in [1.807, 2.05) is 0 Å². The lowest BCUT2D eigenvalue weighted by Crippen LogP contribution is -2.14. The smallest absolute Gasteiger partial charge is 0.310 e. The third kappa shape index (κ3) is 1.72. The summed E-state index contributed by atoms with van der Waals surface area (Å²) in [7, 11) is 0. The number of non-ortho nitro benzene ring substituents is 1. The number of hydrogen-bond donors (Lipinski definition) is 1. The van der Waals surface area contributed by atoms with Gasteiger partial charge in [-0.05, 0) is 13.0 Å². The first-order valence-electron chi connectivity index (χ1n) is 4.61. The monoisotopic (exact) mass is 219 g/mol. The molecule has 0 unspecified atom stereocenters. The lowest BCUT2D eigenvalue weighted by atomic mass is 10.3. The molecule has 0 atom stereocenters. The number of benzene rings is 1. The summed E-state index contributed by atoms with van der Waals surface area (Å²) in [5, 5.41) is 10.6. The van der Waals surface area contributed by atoms with Crippen molar-refractivity contribution in [2.45, 2.75) is 6.92 Å². The molecule has 1 aromatic heterocycles. The quantitative estimate of drug-likeness (QED) is 0.612. The molecular weight excluding hydrogens is 210 g/mol. The minimum absolute atomic E-state index is 0.0387. The Balaban J connectivity index is 2.56. The molecule has 0 amide bonds. The van der Waals surface area contributed by atoms with Gasteiger partial charge in [-0.3, -0.25) is 14.7 Å². The fourth-order valence-corrected chi connectivity index (χ4v) is 1.46. The van der Waals surface area contributed by atoms with Gasteiger partial charge in [0.1, 0.15) is 0 Å². The topological polar surface area (TPSA) is 80.9 Å². The standard InChI is InChI=1S/C10H9N3O3/c1-7-6-12(10(14)11-7)8-3-2-4-9(5-8)13(15)16/h2-6H,1H3,(H,11,14). The fourth-order valence-electron chi connectivity index (χ4n) is 1.46. The predicted octanol–water partition coefficient (Wildman–Crippen LogP) is 1.38. The first kappa shape index (κ1) is 10.2. The van der Waals surface area contributed by atoms with Gasteiger partial charge in [0.25, 0.3) is 5.69 Å². The highest BCUT2D eigenvalue weighted by Crippen LogP contribution is 2.15. The summed E-state index contributed by atoms with van der Waals surface area (Å²) in [4.78, 5) is 24.1. The van der Waals surface area contributed by atoms with Crippen molar-refractivity contribution in [3.63, 3.8) is 0 Å². The lowest BCUT2D eigenvalue weighted by molar-refractivity contribution is -0.384. The predicted molar refractivity (Wildman–Crippen MR) is 57.8 cm³/mol. The van der Waals surface area contributed by atoms with Crippen LogP contribution in [0.15, 0.2) is 35.3 Å². The van der Waals surface area contributed by atoms with E-state index >= 15 is 0 Å². The maximum Gasteiger partial charge on any atom is 0.330 e. The molecule has 6 nitrogen and oxygen atoms in total. The molecule has 82 valence electrons. The van der Waals surface area contributed by atoms with Gasteiger partial charge in [-0.1, -0.05) is 6.07 Å². The molecule has 0 aliphatic heterocycles. The van der Waals surface area contributed by atoms with Crippen LogP contribution >= 0.6 is 0 Å². The van der Waals surface area contributed by atoms with E-state index in [4.69, 9.17) is 0 Å². The van der Waals surface area contributed by atoms with Gasteiger partial charge in [0.15, 0.2) is 0 Å². The minimum atomic E-state index is -0.492. The molecule has 0 aliphatic carbocycles. The molecule has 6 heteroatoms. The van der Waals surface area contributed by atoms with Crippen molar-refractivity contribution < 1.29 is 4.92 Å². The van der Waals surface area contributed by atoms with E-state index in [0.717, 1.165) is 0 Å². The molecule has 0 spiro atoms. The molecule has 2 aromatic rings. The minimum Gasteiger partial charge on any atom is -0.310 e. The first-order valence-corrected chi connectivity index (χ1v) is 4.61. The van der Waals surface area contributed by atoms with E-state index < -0.39 is 4.92 Å². The van der Waals surface area contributed by atoms with Crippen molar-refractivity contribution >= 4 is 5.69 Å². The van der Waals surface area contributed by atoms with Gasteiger partial charge in [-0.25, -0.2) is 4.79 Å². The normalized spacial score (nSPS) is 10.3. The van der Waals surface area contributed by atoms with Crippen molar-refractivity contribution in [3.8, 4) is 5.69 Å². The van der Waals surface area contributed by atoms with Gasteiger partial charge < -0.3 is 4.98 Å². The number of aryl methyl sites for hydroxylation is 1. The summed E-state index contributed by atoms with van der Waals surface area (Å²) in [6.45, 7) is 1.75. The SMILES string of the molecule is Cc1cn(-c2cccc([N+](=O)[O-])c2)c(=O)[nH]1. The van der Waals surface area contributed by atoms with Gasteiger partial charge >= 0.3 is 5.69 Å². The summed E-state index contributed by atoms with van der Waals surface area (Å²) in [5.41, 5.74) is 0.835. The molecule has 1 heterocycles. The van der Waals surface area contributed by atoms with E-state index in [-0.39, 0.29) is 11.4 Å². The Labute approximate surface area is 90.3 Å². The van der Waals surface area contributed by atoms with Crippen molar-refractivity contribution in [3.05, 3.63) is 56.8 Å². The number of H-pyrrole nitrogens is 1. The molecule has 0 saturated carbocycles. The molecule has 1 aromatic carbocycles. The zero-order chi connectivity index (χ0) is 11.7. The number of nitrogens with zero attached hydrogens (tertiary/aromatic N) is 2. The van der Waals surface area contributed by atoms with Crippen molar-refractivity contribution in [1.29, 1.82) is 0 Å². The van der Waals surface area contributed by atoms with Crippen molar-refractivity contribution in [2.75, 3.05) is 0 Å². The zero-order valence-corrected chi connectivity index (χ0v) is 8.51. The Morgan fingerprint density at radius 2 is 2.19 bits per heavy atom. The van der Waals surface area contributed by atoms with Crippen LogP contribution in [-0.2, 0) is 0 Å². The van der Waals surface area contributed by atoms with E-state index in [1.54, 1.807) is 25.3 Å². The van der Waals surface area contributed by atoms with Crippen LogP contribution in [0.1, 0.15) is 5.69 Å². The average molecular weight is 219 g/mol. The van der Waals surface area contributed by atoms with Gasteiger partial charge in [0.05, 0.1) is 10.6 Å². The molecule has 0 bridgehead atoms. The molecule has 1 N–H and O–H groups in total. The summed E-state index contributed by atoms with van der Waals surface area (Å²) in [6.07, 6.45) is 1.60. The van der Waals surface area contributed by atoms with Crippen LogP contribution in [0.2, 0.25) is 0 Å². The second-order valence-electron chi connectivity index (χ2n) is 3.39. The molecular formula is C10H9N3O3. The van der Waals surface area contributed by atoms with Gasteiger partial charge in [-0.15, -0.1) is 0 Å². The molecule has 16 heavy (non-hydrogen) atoms. The van der Waals surface area contributed by atoms with E-state index in [0.29, 0.717) is 11.4 Å². The Kier molecular flexibility index (Phi) is 2.32. The Bertz CT molecular complexity index is 597. The second kappa shape index (κ2) is 3.65. The summed E-state index contributed by atoms with van der Waals surface area (Å²) >= 11 is 0. The van der Waals surface area contributed by atoms with Crippen molar-refractivity contribution in [1.82, 2.24) is 9.55 Å². The summed E-state index contributed by atoms with van der Waals surface area (Å²) < 4.78 is 1.34. The van der Waals surface area contributed by atoms with Crippen LogP contribution in [0.3, 0.4) is 0 Å². The molecule has 2 rings (SSSR count). The van der Waals surface area contributed by atoms with Gasteiger partial charge in [0, 0.05) is 24.0 Å². The largest absolute Gasteiger partial charge is 0.330 e.